The lowest BCUT2D eigenvalue weighted by molar-refractivity contribution is 0.288. The van der Waals surface area contributed by atoms with Crippen LogP contribution in [0.1, 0.15) is 46.5 Å². The lowest BCUT2D eigenvalue weighted by atomic mass is 9.86. The fourth-order valence-corrected chi connectivity index (χ4v) is 3.71. The van der Waals surface area contributed by atoms with Crippen molar-refractivity contribution < 1.29 is 8.42 Å². The van der Waals surface area contributed by atoms with Crippen molar-refractivity contribution in [2.75, 3.05) is 18.2 Å². The van der Waals surface area contributed by atoms with E-state index in [-0.39, 0.29) is 5.75 Å². The Hall–Kier alpha value is 0.200. The summed E-state index contributed by atoms with van der Waals surface area (Å²) in [4.78, 5) is 0. The van der Waals surface area contributed by atoms with Gasteiger partial charge in [-0.15, -0.1) is 11.6 Å². The second kappa shape index (κ2) is 6.58. The third-order valence-electron chi connectivity index (χ3n) is 3.82. The van der Waals surface area contributed by atoms with E-state index in [9.17, 15) is 8.42 Å². The van der Waals surface area contributed by atoms with Crippen molar-refractivity contribution in [2.24, 2.45) is 5.92 Å². The summed E-state index contributed by atoms with van der Waals surface area (Å²) in [6.45, 7) is 5.80. The summed E-state index contributed by atoms with van der Waals surface area (Å²) in [6, 6.07) is 0.395. The molecule has 0 spiro atoms. The Kier molecular flexibility index (Phi) is 5.94. The van der Waals surface area contributed by atoms with Gasteiger partial charge < -0.3 is 5.32 Å². The second-order valence-electron chi connectivity index (χ2n) is 6.19. The summed E-state index contributed by atoms with van der Waals surface area (Å²) in [6.07, 6.45) is 4.74. The van der Waals surface area contributed by atoms with Crippen LogP contribution in [-0.2, 0) is 9.84 Å². The van der Waals surface area contributed by atoms with Crippen LogP contribution in [0.5, 0.6) is 0 Å². The summed E-state index contributed by atoms with van der Waals surface area (Å²) in [5.74, 6) is 1.38. The van der Waals surface area contributed by atoms with Crippen LogP contribution in [0.15, 0.2) is 0 Å². The number of rotatable bonds is 5. The highest BCUT2D eigenvalue weighted by molar-refractivity contribution is 7.92. The van der Waals surface area contributed by atoms with Crippen LogP contribution in [0.4, 0.5) is 0 Å². The average molecular weight is 296 g/mol. The van der Waals surface area contributed by atoms with E-state index in [1.54, 1.807) is 20.8 Å². The van der Waals surface area contributed by atoms with Gasteiger partial charge in [0.1, 0.15) is 0 Å². The lowest BCUT2D eigenvalue weighted by Crippen LogP contribution is -2.43. The van der Waals surface area contributed by atoms with Crippen LogP contribution in [0.2, 0.25) is 0 Å². The van der Waals surface area contributed by atoms with Crippen LogP contribution in [0.25, 0.3) is 0 Å². The van der Waals surface area contributed by atoms with E-state index in [1.165, 1.54) is 12.8 Å². The van der Waals surface area contributed by atoms with E-state index in [0.29, 0.717) is 24.4 Å². The van der Waals surface area contributed by atoms with Crippen molar-refractivity contribution in [3.8, 4) is 0 Å². The number of alkyl halides is 1. The van der Waals surface area contributed by atoms with Gasteiger partial charge in [-0.1, -0.05) is 12.8 Å². The third-order valence-corrected chi connectivity index (χ3v) is 6.82. The molecule has 0 amide bonds. The second-order valence-corrected chi connectivity index (χ2v) is 9.36. The fourth-order valence-electron chi connectivity index (χ4n) is 2.35. The number of sulfone groups is 1. The fraction of sp³-hybridized carbons (Fsp3) is 1.00. The molecule has 0 aromatic rings. The first-order valence-electron chi connectivity index (χ1n) is 6.79. The van der Waals surface area contributed by atoms with Gasteiger partial charge in [-0.05, 0) is 39.5 Å². The van der Waals surface area contributed by atoms with Crippen molar-refractivity contribution in [3.63, 3.8) is 0 Å². The molecule has 0 aliphatic heterocycles. The first-order valence-corrected chi connectivity index (χ1v) is 8.98. The minimum Gasteiger partial charge on any atom is -0.313 e. The molecule has 2 unspecified atom stereocenters. The molecule has 0 heterocycles. The van der Waals surface area contributed by atoms with E-state index in [2.05, 4.69) is 5.32 Å². The lowest BCUT2D eigenvalue weighted by Gasteiger charge is -2.31. The quantitative estimate of drug-likeness (QED) is 0.793. The molecule has 1 N–H and O–H groups in total. The highest BCUT2D eigenvalue weighted by Gasteiger charge is 2.29. The first kappa shape index (κ1) is 16.3. The molecule has 1 rings (SSSR count). The van der Waals surface area contributed by atoms with E-state index < -0.39 is 14.6 Å². The van der Waals surface area contributed by atoms with Gasteiger partial charge in [0, 0.05) is 18.5 Å². The highest BCUT2D eigenvalue weighted by Crippen LogP contribution is 2.25. The molecule has 2 atom stereocenters. The molecule has 0 aromatic heterocycles. The smallest absolute Gasteiger partial charge is 0.156 e. The maximum Gasteiger partial charge on any atom is 0.156 e. The van der Waals surface area contributed by atoms with Crippen LogP contribution in [0, 0.1) is 5.92 Å². The van der Waals surface area contributed by atoms with Crippen LogP contribution >= 0.6 is 11.6 Å². The minimum absolute atomic E-state index is 0.210. The number of hydrogen-bond donors (Lipinski definition) is 1. The largest absolute Gasteiger partial charge is 0.313 e. The number of nitrogens with one attached hydrogen (secondary N) is 1. The van der Waals surface area contributed by atoms with Gasteiger partial charge in [-0.25, -0.2) is 8.42 Å². The molecule has 5 heteroatoms. The molecule has 108 valence electrons. The first-order chi connectivity index (χ1) is 8.28. The van der Waals surface area contributed by atoms with Gasteiger partial charge in [-0.3, -0.25) is 0 Å². The highest BCUT2D eigenvalue weighted by atomic mass is 35.5. The average Bonchev–Trinajstić information content (AvgIpc) is 2.28. The predicted octanol–water partition coefficient (Wildman–Crippen LogP) is 2.59. The topological polar surface area (TPSA) is 46.2 Å². The third kappa shape index (κ3) is 4.39. The number of halogens is 1. The van der Waals surface area contributed by atoms with Crippen molar-refractivity contribution in [2.45, 2.75) is 57.2 Å². The molecule has 0 bridgehead atoms. The maximum atomic E-state index is 12.0. The molecular formula is C13H26ClNO2S. The van der Waals surface area contributed by atoms with Crippen LogP contribution < -0.4 is 5.32 Å². The molecule has 1 fully saturated rings. The molecular weight excluding hydrogens is 270 g/mol. The number of hydrogen-bond acceptors (Lipinski definition) is 3. The normalized spacial score (nSPS) is 26.2. The zero-order valence-corrected chi connectivity index (χ0v) is 13.3. The van der Waals surface area contributed by atoms with Crippen molar-refractivity contribution >= 4 is 21.4 Å². The molecule has 1 aliphatic carbocycles. The van der Waals surface area contributed by atoms with Crippen LogP contribution in [-0.4, -0.2) is 37.4 Å². The molecule has 0 aromatic carbocycles. The van der Waals surface area contributed by atoms with E-state index in [4.69, 9.17) is 11.6 Å². The molecule has 1 saturated carbocycles. The summed E-state index contributed by atoms with van der Waals surface area (Å²) in [7, 11) is -3.02. The Balaban J connectivity index is 2.41. The minimum atomic E-state index is -3.02. The Morgan fingerprint density at radius 2 is 1.83 bits per heavy atom. The Bertz CT molecular complexity index is 348. The molecule has 1 aliphatic rings. The zero-order valence-electron chi connectivity index (χ0n) is 11.7. The monoisotopic (exact) mass is 295 g/mol. The van der Waals surface area contributed by atoms with Crippen LogP contribution in [0.3, 0.4) is 0 Å². The van der Waals surface area contributed by atoms with E-state index in [0.717, 1.165) is 12.8 Å². The van der Waals surface area contributed by atoms with Gasteiger partial charge >= 0.3 is 0 Å². The Morgan fingerprint density at radius 1 is 1.22 bits per heavy atom. The van der Waals surface area contributed by atoms with Gasteiger partial charge in [0.2, 0.25) is 0 Å². The van der Waals surface area contributed by atoms with Crippen molar-refractivity contribution in [3.05, 3.63) is 0 Å². The summed E-state index contributed by atoms with van der Waals surface area (Å²) in [5.41, 5.74) is 0. The SMILES string of the molecule is CC(C)(C)S(=O)(=O)CCNC1CCCCC1CCl. The van der Waals surface area contributed by atoms with Gasteiger partial charge in [0.25, 0.3) is 0 Å². The van der Waals surface area contributed by atoms with Crippen molar-refractivity contribution in [1.82, 2.24) is 5.32 Å². The Labute approximate surface area is 117 Å². The molecule has 0 saturated heterocycles. The molecule has 0 radical (unpaired) electrons. The van der Waals surface area contributed by atoms with Gasteiger partial charge in [-0.2, -0.15) is 0 Å². The summed E-state index contributed by atoms with van der Waals surface area (Å²) >= 11 is 5.96. The Morgan fingerprint density at radius 3 is 2.39 bits per heavy atom. The predicted molar refractivity (Wildman–Crippen MR) is 78.0 cm³/mol. The standard InChI is InChI=1S/C13H26ClNO2S/c1-13(2,3)18(16,17)9-8-15-12-7-5-4-6-11(12)10-14/h11-12,15H,4-10H2,1-3H3. The summed E-state index contributed by atoms with van der Waals surface area (Å²) < 4.78 is 23.3. The molecule has 18 heavy (non-hydrogen) atoms. The summed E-state index contributed by atoms with van der Waals surface area (Å²) in [5, 5.41) is 3.39. The van der Waals surface area contributed by atoms with Gasteiger partial charge in [0.05, 0.1) is 10.5 Å². The van der Waals surface area contributed by atoms with Crippen molar-refractivity contribution in [1.29, 1.82) is 0 Å². The van der Waals surface area contributed by atoms with Gasteiger partial charge in [0.15, 0.2) is 9.84 Å². The van der Waals surface area contributed by atoms with E-state index >= 15 is 0 Å². The molecule has 3 nitrogen and oxygen atoms in total. The van der Waals surface area contributed by atoms with E-state index in [1.807, 2.05) is 0 Å². The maximum absolute atomic E-state index is 12.0. The zero-order chi connectivity index (χ0) is 13.8.